The highest BCUT2D eigenvalue weighted by Gasteiger charge is 2.32. The van der Waals surface area contributed by atoms with E-state index in [1.165, 1.54) is 6.92 Å². The number of phenols is 1. The molecule has 0 amide bonds. The van der Waals surface area contributed by atoms with Crippen LogP contribution in [-0.2, 0) is 6.18 Å². The van der Waals surface area contributed by atoms with Gasteiger partial charge in [-0.1, -0.05) is 20.3 Å². The molecule has 1 heterocycles. The van der Waals surface area contributed by atoms with Crippen molar-refractivity contribution in [2.24, 2.45) is 10.9 Å². The normalized spacial score (nSPS) is 13.9. The van der Waals surface area contributed by atoms with Crippen molar-refractivity contribution in [3.05, 3.63) is 41.0 Å². The Morgan fingerprint density at radius 1 is 1.33 bits per heavy atom. The summed E-state index contributed by atoms with van der Waals surface area (Å²) in [6.45, 7) is 5.60. The number of pyridine rings is 1. The third-order valence-corrected chi connectivity index (χ3v) is 5.11. The molecule has 0 fully saturated rings. The molecule has 2 aromatic rings. The minimum absolute atomic E-state index is 0.0186. The molecule has 0 aliphatic heterocycles. The van der Waals surface area contributed by atoms with E-state index in [0.717, 1.165) is 12.5 Å². The van der Waals surface area contributed by atoms with Crippen molar-refractivity contribution >= 4 is 12.0 Å². The first-order valence-corrected chi connectivity index (χ1v) is 9.66. The molecule has 160 valence electrons. The van der Waals surface area contributed by atoms with Gasteiger partial charge in [-0.3, -0.25) is 4.99 Å². The molecule has 0 radical (unpaired) electrons. The number of nitrogens with zero attached hydrogens (tertiary/aromatic N) is 3. The van der Waals surface area contributed by atoms with Crippen molar-refractivity contribution in [3.8, 4) is 23.1 Å². The zero-order chi connectivity index (χ0) is 22.5. The summed E-state index contributed by atoms with van der Waals surface area (Å²) in [4.78, 5) is 8.82. The number of aromatic hydroxyl groups is 1. The SMILES string of the molecule is CCC(C)C(CCC#N)N=Cc1ccc(-c2c(C)cc(C(F)(F)F)cc2O)nc1N. The fraction of sp³-hybridized carbons (Fsp3) is 0.409. The summed E-state index contributed by atoms with van der Waals surface area (Å²) in [6, 6.07) is 7.01. The van der Waals surface area contributed by atoms with Crippen LogP contribution in [0.15, 0.2) is 29.3 Å². The molecule has 8 heteroatoms. The highest BCUT2D eigenvalue weighted by molar-refractivity contribution is 5.87. The van der Waals surface area contributed by atoms with Crippen molar-refractivity contribution in [3.63, 3.8) is 0 Å². The molecule has 0 saturated heterocycles. The molecular formula is C22H25F3N4O. The fourth-order valence-corrected chi connectivity index (χ4v) is 3.17. The second-order valence-corrected chi connectivity index (χ2v) is 7.28. The van der Waals surface area contributed by atoms with Crippen LogP contribution >= 0.6 is 0 Å². The van der Waals surface area contributed by atoms with Crippen LogP contribution in [0.4, 0.5) is 19.0 Å². The number of aryl methyl sites for hydroxylation is 1. The van der Waals surface area contributed by atoms with Crippen molar-refractivity contribution in [2.45, 2.75) is 52.3 Å². The summed E-state index contributed by atoms with van der Waals surface area (Å²) in [6.07, 6.45) is -0.963. The van der Waals surface area contributed by atoms with Gasteiger partial charge in [0.2, 0.25) is 0 Å². The summed E-state index contributed by atoms with van der Waals surface area (Å²) in [5.41, 5.74) is 6.39. The number of nitriles is 1. The highest BCUT2D eigenvalue weighted by atomic mass is 19.4. The molecule has 1 aromatic heterocycles. The van der Waals surface area contributed by atoms with Crippen molar-refractivity contribution in [1.29, 1.82) is 5.26 Å². The predicted octanol–water partition coefficient (Wildman–Crippen LogP) is 5.50. The van der Waals surface area contributed by atoms with E-state index >= 15 is 0 Å². The summed E-state index contributed by atoms with van der Waals surface area (Å²) in [7, 11) is 0. The first kappa shape index (κ1) is 23.2. The van der Waals surface area contributed by atoms with E-state index in [9.17, 15) is 18.3 Å². The second-order valence-electron chi connectivity index (χ2n) is 7.28. The number of halogens is 3. The van der Waals surface area contributed by atoms with E-state index < -0.39 is 17.5 Å². The van der Waals surface area contributed by atoms with Gasteiger partial charge in [0.25, 0.3) is 0 Å². The van der Waals surface area contributed by atoms with Crippen molar-refractivity contribution in [2.75, 3.05) is 5.73 Å². The topological polar surface area (TPSA) is 95.3 Å². The third-order valence-electron chi connectivity index (χ3n) is 5.11. The maximum Gasteiger partial charge on any atom is 0.416 e. The molecule has 1 aromatic carbocycles. The predicted molar refractivity (Wildman–Crippen MR) is 111 cm³/mol. The summed E-state index contributed by atoms with van der Waals surface area (Å²) in [5, 5.41) is 19.0. The lowest BCUT2D eigenvalue weighted by molar-refractivity contribution is -0.137. The van der Waals surface area contributed by atoms with Gasteiger partial charge in [0.1, 0.15) is 11.6 Å². The number of aliphatic imine (C=N–C) groups is 1. The van der Waals surface area contributed by atoms with Gasteiger partial charge in [-0.05, 0) is 49.1 Å². The molecule has 0 bridgehead atoms. The molecule has 2 rings (SSSR count). The molecule has 0 aliphatic rings. The molecule has 3 N–H and O–H groups in total. The molecule has 5 nitrogen and oxygen atoms in total. The van der Waals surface area contributed by atoms with Crippen LogP contribution in [0.2, 0.25) is 0 Å². The number of benzene rings is 1. The van der Waals surface area contributed by atoms with Gasteiger partial charge in [-0.25, -0.2) is 4.98 Å². The lowest BCUT2D eigenvalue weighted by Crippen LogP contribution is -2.15. The molecule has 2 unspecified atom stereocenters. The highest BCUT2D eigenvalue weighted by Crippen LogP contribution is 2.38. The molecule has 30 heavy (non-hydrogen) atoms. The van der Waals surface area contributed by atoms with E-state index in [2.05, 4.69) is 29.9 Å². The van der Waals surface area contributed by atoms with E-state index in [-0.39, 0.29) is 28.7 Å². The zero-order valence-corrected chi connectivity index (χ0v) is 17.2. The molecule has 0 aliphatic carbocycles. The van der Waals surface area contributed by atoms with Crippen LogP contribution in [0.3, 0.4) is 0 Å². The number of hydrogen-bond acceptors (Lipinski definition) is 5. The minimum atomic E-state index is -4.55. The van der Waals surface area contributed by atoms with Gasteiger partial charge in [-0.15, -0.1) is 0 Å². The van der Waals surface area contributed by atoms with Crippen molar-refractivity contribution < 1.29 is 18.3 Å². The Labute approximate surface area is 174 Å². The summed E-state index contributed by atoms with van der Waals surface area (Å²) >= 11 is 0. The van der Waals surface area contributed by atoms with Crippen LogP contribution in [0.25, 0.3) is 11.3 Å². The first-order valence-electron chi connectivity index (χ1n) is 9.66. The van der Waals surface area contributed by atoms with Crippen LogP contribution in [0, 0.1) is 24.2 Å². The van der Waals surface area contributed by atoms with E-state index in [0.29, 0.717) is 30.4 Å². The number of alkyl halides is 3. The first-order chi connectivity index (χ1) is 14.1. The smallest absolute Gasteiger partial charge is 0.416 e. The number of rotatable bonds is 7. The Morgan fingerprint density at radius 3 is 2.57 bits per heavy atom. The van der Waals surface area contributed by atoms with Crippen LogP contribution in [0.1, 0.15) is 49.8 Å². The molecule has 0 spiro atoms. The quantitative estimate of drug-likeness (QED) is 0.580. The van der Waals surface area contributed by atoms with Gasteiger partial charge in [-0.2, -0.15) is 18.4 Å². The Bertz CT molecular complexity index is 941. The lowest BCUT2D eigenvalue weighted by Gasteiger charge is -2.17. The second kappa shape index (κ2) is 9.61. The van der Waals surface area contributed by atoms with Gasteiger partial charge in [0.15, 0.2) is 0 Å². The van der Waals surface area contributed by atoms with Crippen LogP contribution in [0.5, 0.6) is 5.75 Å². The number of anilines is 1. The molecule has 2 atom stereocenters. The summed E-state index contributed by atoms with van der Waals surface area (Å²) in [5.74, 6) is -0.0584. The average molecular weight is 418 g/mol. The largest absolute Gasteiger partial charge is 0.507 e. The number of phenolic OH excluding ortho intramolecular Hbond substituents is 1. The molecule has 0 saturated carbocycles. The van der Waals surface area contributed by atoms with Crippen molar-refractivity contribution in [1.82, 2.24) is 4.98 Å². The number of aromatic nitrogens is 1. The van der Waals surface area contributed by atoms with Gasteiger partial charge < -0.3 is 10.8 Å². The molecular weight excluding hydrogens is 393 g/mol. The Kier molecular flexibility index (Phi) is 7.43. The number of nitrogens with two attached hydrogens (primary N) is 1. The lowest BCUT2D eigenvalue weighted by atomic mass is 9.96. The van der Waals surface area contributed by atoms with Gasteiger partial charge in [0, 0.05) is 23.8 Å². The Hall–Kier alpha value is -3.08. The number of nitrogen functional groups attached to an aromatic ring is 1. The minimum Gasteiger partial charge on any atom is -0.507 e. The van der Waals surface area contributed by atoms with E-state index in [1.54, 1.807) is 18.3 Å². The van der Waals surface area contributed by atoms with Gasteiger partial charge >= 0.3 is 6.18 Å². The van der Waals surface area contributed by atoms with Gasteiger partial charge in [0.05, 0.1) is 23.4 Å². The number of hydrogen-bond donors (Lipinski definition) is 2. The third kappa shape index (κ3) is 5.50. The van der Waals surface area contributed by atoms with Crippen LogP contribution < -0.4 is 5.73 Å². The summed E-state index contributed by atoms with van der Waals surface area (Å²) < 4.78 is 38.8. The van der Waals surface area contributed by atoms with E-state index in [4.69, 9.17) is 11.0 Å². The maximum absolute atomic E-state index is 12.9. The van der Waals surface area contributed by atoms with Crippen LogP contribution in [-0.4, -0.2) is 22.3 Å². The monoisotopic (exact) mass is 418 g/mol. The standard InChI is InChI=1S/C22H25F3N4O/c1-4-13(2)17(6-5-9-26)28-12-15-7-8-18(29-21(15)27)20-14(3)10-16(11-19(20)30)22(23,24)25/h7-8,10-13,17,30H,4-6H2,1-3H3,(H2,27,29). The zero-order valence-electron chi connectivity index (χ0n) is 17.2. The fourth-order valence-electron chi connectivity index (χ4n) is 3.17. The Morgan fingerprint density at radius 2 is 2.03 bits per heavy atom. The van der Waals surface area contributed by atoms with E-state index in [1.807, 2.05) is 0 Å². The average Bonchev–Trinajstić information content (AvgIpc) is 2.67. The maximum atomic E-state index is 12.9. The Balaban J connectivity index is 2.35.